The summed E-state index contributed by atoms with van der Waals surface area (Å²) in [5.74, 6) is -0.790. The van der Waals surface area contributed by atoms with Crippen molar-refractivity contribution in [1.82, 2.24) is 0 Å². The van der Waals surface area contributed by atoms with Crippen LogP contribution in [0, 0.1) is 0 Å². The molecule has 0 aliphatic carbocycles. The van der Waals surface area contributed by atoms with Crippen molar-refractivity contribution in [3.05, 3.63) is 36.5 Å². The lowest BCUT2D eigenvalue weighted by Gasteiger charge is -2.07. The van der Waals surface area contributed by atoms with Gasteiger partial charge >= 0.3 is 5.97 Å². The van der Waals surface area contributed by atoms with E-state index in [1.165, 1.54) is 6.42 Å². The molecule has 0 saturated carbocycles. The van der Waals surface area contributed by atoms with Gasteiger partial charge in [-0.15, -0.1) is 0 Å². The van der Waals surface area contributed by atoms with Crippen LogP contribution < -0.4 is 0 Å². The maximum Gasteiger partial charge on any atom is 0.303 e. The first-order chi connectivity index (χ1) is 8.70. The number of aliphatic carboxylic acids is 1. The van der Waals surface area contributed by atoms with Gasteiger partial charge in [0.25, 0.3) is 0 Å². The summed E-state index contributed by atoms with van der Waals surface area (Å²) in [7, 11) is 1.59. The molecule has 0 bridgehead atoms. The quantitative estimate of drug-likeness (QED) is 0.476. The summed E-state index contributed by atoms with van der Waals surface area (Å²) >= 11 is 0. The van der Waals surface area contributed by atoms with Crippen molar-refractivity contribution in [2.75, 3.05) is 7.11 Å². The van der Waals surface area contributed by atoms with E-state index in [2.05, 4.69) is 25.2 Å². The number of hydrogen-bond donors (Lipinski definition) is 1. The predicted octanol–water partition coefficient (Wildman–Crippen LogP) is 3.73. The fourth-order valence-corrected chi connectivity index (χ4v) is 1.36. The van der Waals surface area contributed by atoms with Gasteiger partial charge < -0.3 is 9.84 Å². The number of hydrogen-bond acceptors (Lipinski definition) is 2. The van der Waals surface area contributed by atoms with Gasteiger partial charge in [-0.05, 0) is 19.3 Å². The molecule has 0 aromatic heterocycles. The van der Waals surface area contributed by atoms with Crippen LogP contribution in [0.5, 0.6) is 0 Å². The maximum absolute atomic E-state index is 10.4. The minimum Gasteiger partial charge on any atom is -0.481 e. The molecular formula is C15H24O3. The van der Waals surface area contributed by atoms with Gasteiger partial charge in [-0.2, -0.15) is 0 Å². The third-order valence-electron chi connectivity index (χ3n) is 2.41. The van der Waals surface area contributed by atoms with Gasteiger partial charge in [0.05, 0.1) is 6.10 Å². The Balaban J connectivity index is 3.82. The normalized spacial score (nSPS) is 13.9. The van der Waals surface area contributed by atoms with Gasteiger partial charge in [-0.3, -0.25) is 4.79 Å². The van der Waals surface area contributed by atoms with Crippen molar-refractivity contribution in [3.8, 4) is 0 Å². The second-order valence-electron chi connectivity index (χ2n) is 4.02. The highest BCUT2D eigenvalue weighted by Crippen LogP contribution is 2.03. The van der Waals surface area contributed by atoms with Crippen LogP contribution in [0.2, 0.25) is 0 Å². The number of ether oxygens (including phenoxy) is 1. The molecule has 0 aromatic rings. The van der Waals surface area contributed by atoms with Gasteiger partial charge in [0, 0.05) is 13.5 Å². The molecule has 0 fully saturated rings. The summed E-state index contributed by atoms with van der Waals surface area (Å²) in [5.41, 5.74) is 0. The van der Waals surface area contributed by atoms with E-state index in [0.29, 0.717) is 6.42 Å². The van der Waals surface area contributed by atoms with Gasteiger partial charge in [0.2, 0.25) is 0 Å². The smallest absolute Gasteiger partial charge is 0.303 e. The van der Waals surface area contributed by atoms with Gasteiger partial charge in [-0.1, -0.05) is 49.8 Å². The van der Waals surface area contributed by atoms with Crippen LogP contribution in [0.3, 0.4) is 0 Å². The fraction of sp³-hybridized carbons (Fsp3) is 0.533. The monoisotopic (exact) mass is 252 g/mol. The van der Waals surface area contributed by atoms with Crippen LogP contribution in [-0.4, -0.2) is 24.3 Å². The first kappa shape index (κ1) is 16.6. The summed E-state index contributed by atoms with van der Waals surface area (Å²) in [6.45, 7) is 2.16. The summed E-state index contributed by atoms with van der Waals surface area (Å²) in [5, 5.41) is 8.57. The number of unbranched alkanes of at least 4 members (excludes halogenated alkanes) is 1. The second kappa shape index (κ2) is 12.1. The minimum atomic E-state index is -0.790. The average molecular weight is 252 g/mol. The molecule has 102 valence electrons. The molecule has 0 aromatic carbocycles. The van der Waals surface area contributed by atoms with E-state index in [0.717, 1.165) is 12.8 Å². The largest absolute Gasteiger partial charge is 0.481 e. The summed E-state index contributed by atoms with van der Waals surface area (Å²) in [4.78, 5) is 10.4. The highest BCUT2D eigenvalue weighted by atomic mass is 16.5. The molecule has 1 atom stereocenters. The Kier molecular flexibility index (Phi) is 11.2. The van der Waals surface area contributed by atoms with E-state index in [1.54, 1.807) is 7.11 Å². The van der Waals surface area contributed by atoms with E-state index in [-0.39, 0.29) is 12.5 Å². The third kappa shape index (κ3) is 11.1. The molecule has 3 nitrogen and oxygen atoms in total. The van der Waals surface area contributed by atoms with Crippen LogP contribution in [-0.2, 0) is 9.53 Å². The van der Waals surface area contributed by atoms with Crippen molar-refractivity contribution in [2.24, 2.45) is 0 Å². The molecule has 0 rings (SSSR count). The molecular weight excluding hydrogens is 228 g/mol. The third-order valence-corrected chi connectivity index (χ3v) is 2.41. The van der Waals surface area contributed by atoms with E-state index >= 15 is 0 Å². The molecule has 1 unspecified atom stereocenters. The first-order valence-electron chi connectivity index (χ1n) is 6.43. The number of carboxylic acids is 1. The van der Waals surface area contributed by atoms with Gasteiger partial charge in [0.15, 0.2) is 0 Å². The molecule has 0 amide bonds. The highest BCUT2D eigenvalue weighted by Gasteiger charge is 2.05. The maximum atomic E-state index is 10.4. The SMILES string of the molecule is CCCC=CCC=CC=CC(CCC(=O)O)OC. The number of methoxy groups -OCH3 is 1. The van der Waals surface area contributed by atoms with Crippen LogP contribution >= 0.6 is 0 Å². The van der Waals surface area contributed by atoms with Crippen LogP contribution in [0.15, 0.2) is 36.5 Å². The summed E-state index contributed by atoms with van der Waals surface area (Å²) in [6.07, 6.45) is 15.9. The molecule has 0 saturated heterocycles. The molecule has 0 heterocycles. The van der Waals surface area contributed by atoms with Crippen molar-refractivity contribution in [2.45, 2.75) is 45.1 Å². The van der Waals surface area contributed by atoms with E-state index in [9.17, 15) is 4.79 Å². The Labute approximate surface area is 110 Å². The van der Waals surface area contributed by atoms with Gasteiger partial charge in [0.1, 0.15) is 0 Å². The molecule has 0 aliphatic heterocycles. The highest BCUT2D eigenvalue weighted by molar-refractivity contribution is 5.66. The molecule has 3 heteroatoms. The topological polar surface area (TPSA) is 46.5 Å². The Morgan fingerprint density at radius 3 is 2.67 bits per heavy atom. The average Bonchev–Trinajstić information content (AvgIpc) is 2.36. The first-order valence-corrected chi connectivity index (χ1v) is 6.43. The predicted molar refractivity (Wildman–Crippen MR) is 74.6 cm³/mol. The number of carbonyl (C=O) groups is 1. The van der Waals surface area contributed by atoms with E-state index < -0.39 is 5.97 Å². The minimum absolute atomic E-state index is 0.124. The summed E-state index contributed by atoms with van der Waals surface area (Å²) < 4.78 is 5.16. The lowest BCUT2D eigenvalue weighted by atomic mass is 10.2. The summed E-state index contributed by atoms with van der Waals surface area (Å²) in [6, 6.07) is 0. The van der Waals surface area contributed by atoms with Crippen LogP contribution in [0.25, 0.3) is 0 Å². The van der Waals surface area contributed by atoms with Crippen LogP contribution in [0.1, 0.15) is 39.0 Å². The van der Waals surface area contributed by atoms with Gasteiger partial charge in [-0.25, -0.2) is 0 Å². The number of allylic oxidation sites excluding steroid dienone is 5. The zero-order chi connectivity index (χ0) is 13.6. The Hall–Kier alpha value is -1.35. The molecule has 18 heavy (non-hydrogen) atoms. The number of rotatable bonds is 10. The lowest BCUT2D eigenvalue weighted by Crippen LogP contribution is -2.09. The second-order valence-corrected chi connectivity index (χ2v) is 4.02. The van der Waals surface area contributed by atoms with Crippen molar-refractivity contribution < 1.29 is 14.6 Å². The Morgan fingerprint density at radius 1 is 1.28 bits per heavy atom. The standard InChI is InChI=1S/C15H24O3/c1-3-4-5-6-7-8-9-10-11-14(18-2)12-13-15(16)17/h5-6,8-11,14H,3-4,7,12-13H2,1-2H3,(H,16,17). The zero-order valence-corrected chi connectivity index (χ0v) is 11.3. The molecule has 0 spiro atoms. The van der Waals surface area contributed by atoms with E-state index in [4.69, 9.17) is 9.84 Å². The molecule has 0 aliphatic rings. The van der Waals surface area contributed by atoms with Crippen molar-refractivity contribution >= 4 is 5.97 Å². The lowest BCUT2D eigenvalue weighted by molar-refractivity contribution is -0.137. The van der Waals surface area contributed by atoms with Crippen molar-refractivity contribution in [3.63, 3.8) is 0 Å². The fourth-order valence-electron chi connectivity index (χ4n) is 1.36. The number of carboxylic acid groups (broad SMARTS) is 1. The van der Waals surface area contributed by atoms with Crippen molar-refractivity contribution in [1.29, 1.82) is 0 Å². The van der Waals surface area contributed by atoms with Crippen LogP contribution in [0.4, 0.5) is 0 Å². The van der Waals surface area contributed by atoms with E-state index in [1.807, 2.05) is 18.2 Å². The Morgan fingerprint density at radius 2 is 2.06 bits per heavy atom. The zero-order valence-electron chi connectivity index (χ0n) is 11.3. The Bertz CT molecular complexity index is 290. The molecule has 0 radical (unpaired) electrons. The molecule has 1 N–H and O–H groups in total.